The smallest absolute Gasteiger partial charge is 0.254 e. The van der Waals surface area contributed by atoms with Crippen LogP contribution >= 0.6 is 8.38 Å². The van der Waals surface area contributed by atoms with E-state index in [2.05, 4.69) is 0 Å². The molecule has 10 heteroatoms. The molecule has 0 saturated heterocycles. The van der Waals surface area contributed by atoms with Gasteiger partial charge in [-0.15, -0.1) is 0 Å². The summed E-state index contributed by atoms with van der Waals surface area (Å²) in [5, 5.41) is 1.99. The third kappa shape index (κ3) is 13.7. The second-order valence-electron chi connectivity index (χ2n) is 4.87. The topological polar surface area (TPSA) is 86.3 Å². The number of hydrogen-bond donors (Lipinski definition) is 1. The molecule has 0 aliphatic heterocycles. The Labute approximate surface area is 163 Å². The highest BCUT2D eigenvalue weighted by atomic mass is 31.2. The van der Waals surface area contributed by atoms with Crippen molar-refractivity contribution in [3.8, 4) is 0 Å². The number of carbonyl (C=O) groups excluding carboxylic acids is 2. The lowest BCUT2D eigenvalue weighted by molar-refractivity contribution is -0.133. The maximum absolute atomic E-state index is 14.3. The first kappa shape index (κ1) is 28.1. The number of methoxy groups -OCH3 is 1. The molecule has 8 nitrogen and oxygen atoms in total. The summed E-state index contributed by atoms with van der Waals surface area (Å²) in [6.45, 7) is 10.2. The van der Waals surface area contributed by atoms with Crippen LogP contribution in [0.15, 0.2) is 11.8 Å². The van der Waals surface area contributed by atoms with Gasteiger partial charge in [-0.3, -0.25) is 14.9 Å². The van der Waals surface area contributed by atoms with Crippen LogP contribution in [0.4, 0.5) is 4.39 Å². The van der Waals surface area contributed by atoms with Crippen LogP contribution in [0.2, 0.25) is 0 Å². The van der Waals surface area contributed by atoms with Gasteiger partial charge in [-0.25, -0.2) is 4.39 Å². The molecule has 27 heavy (non-hydrogen) atoms. The van der Waals surface area contributed by atoms with Crippen molar-refractivity contribution >= 4 is 20.7 Å². The minimum Gasteiger partial charge on any atom is -0.356 e. The molecule has 0 spiro atoms. The monoisotopic (exact) mass is 412 g/mol. The van der Waals surface area contributed by atoms with Crippen molar-refractivity contribution in [2.45, 2.75) is 53.6 Å². The molecule has 2 atom stereocenters. The third-order valence-corrected chi connectivity index (χ3v) is 4.40. The number of alkyl halides is 1. The molecule has 0 bridgehead atoms. The summed E-state index contributed by atoms with van der Waals surface area (Å²) in [7, 11) is 1.69. The van der Waals surface area contributed by atoms with Crippen molar-refractivity contribution in [2.24, 2.45) is 0 Å². The van der Waals surface area contributed by atoms with Crippen LogP contribution < -0.4 is 5.32 Å². The second-order valence-corrected chi connectivity index (χ2v) is 6.31. The Bertz CT molecular complexity index is 422. The number of halogens is 1. The van der Waals surface area contributed by atoms with Crippen LogP contribution in [0.25, 0.3) is 0 Å². The molecule has 160 valence electrons. The summed E-state index contributed by atoms with van der Waals surface area (Å²) in [5.41, 5.74) is 0.198. The quantitative estimate of drug-likeness (QED) is 0.154. The van der Waals surface area contributed by atoms with Gasteiger partial charge in [0.2, 0.25) is 6.41 Å². The number of rotatable bonds is 14. The van der Waals surface area contributed by atoms with E-state index in [0.29, 0.717) is 13.2 Å². The molecular weight excluding hydrogens is 378 g/mol. The molecule has 0 radical (unpaired) electrons. The van der Waals surface area contributed by atoms with Crippen LogP contribution in [0.3, 0.4) is 0 Å². The van der Waals surface area contributed by atoms with Crippen molar-refractivity contribution in [3.63, 3.8) is 0 Å². The maximum atomic E-state index is 14.3. The van der Waals surface area contributed by atoms with E-state index in [9.17, 15) is 14.0 Å². The van der Waals surface area contributed by atoms with Crippen molar-refractivity contribution in [1.29, 1.82) is 0 Å². The third-order valence-electron chi connectivity index (χ3n) is 2.95. The summed E-state index contributed by atoms with van der Waals surface area (Å²) in [4.78, 5) is 22.9. The minimum atomic E-state index is -1.45. The van der Waals surface area contributed by atoms with Gasteiger partial charge in [0.25, 0.3) is 5.91 Å². The summed E-state index contributed by atoms with van der Waals surface area (Å²) in [5.74, 6) is -0.590. The Morgan fingerprint density at radius 3 is 2.26 bits per heavy atom. The normalized spacial score (nSPS) is 13.4. The number of nitrogens with one attached hydrogen (secondary N) is 1. The van der Waals surface area contributed by atoms with Gasteiger partial charge in [-0.1, -0.05) is 13.8 Å². The molecule has 0 aliphatic rings. The van der Waals surface area contributed by atoms with Crippen LogP contribution in [-0.4, -0.2) is 63.5 Å². The lowest BCUT2D eigenvalue weighted by Gasteiger charge is -2.25. The predicted octanol–water partition coefficient (Wildman–Crippen LogP) is 3.14. The molecule has 2 amide bonds. The fourth-order valence-electron chi connectivity index (χ4n) is 1.71. The predicted molar refractivity (Wildman–Crippen MR) is 104 cm³/mol. The summed E-state index contributed by atoms with van der Waals surface area (Å²) < 4.78 is 35.8. The van der Waals surface area contributed by atoms with Crippen molar-refractivity contribution < 1.29 is 32.5 Å². The SMILES string of the molecule is CC.CCOP(COC(CC(F)N(C)/C=C(/C)C(=O)NC=O)OC)OCC. The fraction of sp³-hybridized carbons (Fsp3) is 0.765. The van der Waals surface area contributed by atoms with Crippen molar-refractivity contribution in [2.75, 3.05) is 33.7 Å². The lowest BCUT2D eigenvalue weighted by atomic mass is 10.3. The van der Waals surface area contributed by atoms with E-state index in [1.54, 1.807) is 0 Å². The van der Waals surface area contributed by atoms with Gasteiger partial charge in [0, 0.05) is 32.4 Å². The summed E-state index contributed by atoms with van der Waals surface area (Å²) in [6.07, 6.45) is -0.564. The first-order valence-electron chi connectivity index (χ1n) is 8.86. The molecular formula is C17H34FN2O6P. The number of nitrogens with zero attached hydrogens (tertiary/aromatic N) is 1. The van der Waals surface area contributed by atoms with E-state index >= 15 is 0 Å². The van der Waals surface area contributed by atoms with Crippen LogP contribution in [0.1, 0.15) is 41.0 Å². The van der Waals surface area contributed by atoms with Gasteiger partial charge in [-0.05, 0) is 20.8 Å². The summed E-state index contributed by atoms with van der Waals surface area (Å²) in [6, 6.07) is 0. The standard InChI is InChI=1S/C15H28FN2O6P.C2H6/c1-6-23-25(24-7-2)11-22-14(21-5)8-13(16)18(4)9-12(3)15(20)17-10-19;1-2/h9-10,13-14H,6-8,11H2,1-5H3,(H,17,19,20);1-2H3/b12-9-;. The maximum Gasteiger partial charge on any atom is 0.254 e. The van der Waals surface area contributed by atoms with E-state index in [1.165, 1.54) is 32.2 Å². The number of carbonyl (C=O) groups is 2. The highest BCUT2D eigenvalue weighted by Gasteiger charge is 2.21. The van der Waals surface area contributed by atoms with Crippen LogP contribution in [0.5, 0.6) is 0 Å². The average Bonchev–Trinajstić information content (AvgIpc) is 2.66. The Balaban J connectivity index is 0. The van der Waals surface area contributed by atoms with E-state index in [0.717, 1.165) is 0 Å². The molecule has 0 aromatic heterocycles. The molecule has 0 aromatic rings. The highest BCUT2D eigenvalue weighted by molar-refractivity contribution is 7.47. The Kier molecular flexibility index (Phi) is 19.0. The fourth-order valence-corrected chi connectivity index (χ4v) is 2.80. The van der Waals surface area contributed by atoms with Gasteiger partial charge in [0.1, 0.15) is 6.35 Å². The molecule has 0 heterocycles. The van der Waals surface area contributed by atoms with Gasteiger partial charge < -0.3 is 23.4 Å². The Hall–Kier alpha value is -1.12. The number of amides is 2. The number of hydrogen-bond acceptors (Lipinski definition) is 7. The number of imide groups is 1. The summed E-state index contributed by atoms with van der Waals surface area (Å²) >= 11 is 0. The minimum absolute atomic E-state index is 0.0759. The average molecular weight is 412 g/mol. The molecule has 2 unspecified atom stereocenters. The van der Waals surface area contributed by atoms with Crippen molar-refractivity contribution in [1.82, 2.24) is 10.2 Å². The molecule has 1 N–H and O–H groups in total. The zero-order valence-electron chi connectivity index (χ0n) is 17.4. The van der Waals surface area contributed by atoms with Crippen LogP contribution in [0, 0.1) is 0 Å². The number of ether oxygens (including phenoxy) is 2. The van der Waals surface area contributed by atoms with E-state index < -0.39 is 26.9 Å². The van der Waals surface area contributed by atoms with Gasteiger partial charge in [-0.2, -0.15) is 0 Å². The molecule has 0 aromatic carbocycles. The van der Waals surface area contributed by atoms with Gasteiger partial charge in [0.15, 0.2) is 21.0 Å². The van der Waals surface area contributed by atoms with E-state index in [1.807, 2.05) is 33.0 Å². The zero-order valence-corrected chi connectivity index (χ0v) is 18.3. The molecule has 0 fully saturated rings. The van der Waals surface area contributed by atoms with Crippen molar-refractivity contribution in [3.05, 3.63) is 11.8 Å². The molecule has 0 saturated carbocycles. The zero-order chi connectivity index (χ0) is 21.2. The first-order valence-corrected chi connectivity index (χ1v) is 10.2. The van der Waals surface area contributed by atoms with Gasteiger partial charge in [0.05, 0.1) is 13.2 Å². The Morgan fingerprint density at radius 1 is 1.26 bits per heavy atom. The van der Waals surface area contributed by atoms with E-state index in [4.69, 9.17) is 18.5 Å². The van der Waals surface area contributed by atoms with Gasteiger partial charge >= 0.3 is 0 Å². The molecule has 0 rings (SSSR count). The van der Waals surface area contributed by atoms with E-state index in [-0.39, 0.29) is 24.8 Å². The first-order chi connectivity index (χ1) is 12.9. The lowest BCUT2D eigenvalue weighted by Crippen LogP contribution is -2.31. The Morgan fingerprint density at radius 2 is 1.81 bits per heavy atom. The highest BCUT2D eigenvalue weighted by Crippen LogP contribution is 2.38. The molecule has 0 aliphatic carbocycles. The largest absolute Gasteiger partial charge is 0.356 e. The second kappa shape index (κ2) is 18.3. The van der Waals surface area contributed by atoms with Crippen LogP contribution in [-0.2, 0) is 28.1 Å².